The zero-order valence-electron chi connectivity index (χ0n) is 8.74. The number of aliphatic hydroxyl groups is 1. The number of hydrogen-bond donors (Lipinski definition) is 1. The van der Waals surface area contributed by atoms with E-state index in [0.29, 0.717) is 0 Å². The number of nitrogens with zero attached hydrogens (tertiary/aromatic N) is 2. The molecule has 80 valence electrons. The summed E-state index contributed by atoms with van der Waals surface area (Å²) in [5, 5.41) is 13.3. The Kier molecular flexibility index (Phi) is 2.04. The van der Waals surface area contributed by atoms with Crippen LogP contribution in [0, 0.1) is 0 Å². The van der Waals surface area contributed by atoms with Crippen LogP contribution in [-0.4, -0.2) is 16.7 Å². The molecular weight excluding hydrogens is 200 g/mol. The number of hydrogen-bond acceptors (Lipinski definition) is 3. The smallest absolute Gasteiger partial charge is 0.0853 e. The molecule has 2 heterocycles. The van der Waals surface area contributed by atoms with E-state index in [1.807, 2.05) is 52.8 Å². The van der Waals surface area contributed by atoms with Gasteiger partial charge in [-0.3, -0.25) is 10.0 Å². The van der Waals surface area contributed by atoms with E-state index in [-0.39, 0.29) is 6.61 Å². The van der Waals surface area contributed by atoms with Gasteiger partial charge in [0.15, 0.2) is 0 Å². The van der Waals surface area contributed by atoms with E-state index in [9.17, 15) is 5.11 Å². The number of benzene rings is 1. The third kappa shape index (κ3) is 1.26. The third-order valence-electron chi connectivity index (χ3n) is 2.76. The predicted molar refractivity (Wildman–Crippen MR) is 64.1 cm³/mol. The Labute approximate surface area is 94.2 Å². The second-order valence-electron chi connectivity index (χ2n) is 3.72. The fraction of sp³-hybridized carbons (Fsp3) is 0.0769. The summed E-state index contributed by atoms with van der Waals surface area (Å²) in [5.74, 6) is 0. The fourth-order valence-corrected chi connectivity index (χ4v) is 2.02. The van der Waals surface area contributed by atoms with Crippen LogP contribution in [0.4, 0.5) is 5.69 Å². The molecule has 1 N–H and O–H groups in total. The highest BCUT2D eigenvalue weighted by molar-refractivity contribution is 5.73. The lowest BCUT2D eigenvalue weighted by molar-refractivity contribution is 0.285. The van der Waals surface area contributed by atoms with Crippen molar-refractivity contribution in [2.45, 2.75) is 0 Å². The van der Waals surface area contributed by atoms with Gasteiger partial charge < -0.3 is 5.11 Å². The zero-order valence-corrected chi connectivity index (χ0v) is 8.74. The second kappa shape index (κ2) is 3.54. The highest BCUT2D eigenvalue weighted by Crippen LogP contribution is 2.33. The SMILES string of the molecule is OCC1=Cc2ccccc2N2C=CC=CN12. The van der Waals surface area contributed by atoms with Gasteiger partial charge in [0.25, 0.3) is 0 Å². The molecule has 0 saturated heterocycles. The maximum atomic E-state index is 9.36. The van der Waals surface area contributed by atoms with Gasteiger partial charge in [0.2, 0.25) is 0 Å². The van der Waals surface area contributed by atoms with E-state index in [1.165, 1.54) is 0 Å². The van der Waals surface area contributed by atoms with Crippen molar-refractivity contribution < 1.29 is 5.11 Å². The number of hydrazine groups is 1. The molecule has 3 nitrogen and oxygen atoms in total. The summed E-state index contributed by atoms with van der Waals surface area (Å²) in [5.41, 5.74) is 3.13. The molecule has 0 aromatic heterocycles. The van der Waals surface area contributed by atoms with Gasteiger partial charge >= 0.3 is 0 Å². The van der Waals surface area contributed by atoms with E-state index in [2.05, 4.69) is 12.1 Å². The summed E-state index contributed by atoms with van der Waals surface area (Å²) >= 11 is 0. The van der Waals surface area contributed by atoms with Crippen LogP contribution in [0.5, 0.6) is 0 Å². The molecule has 2 aliphatic rings. The van der Waals surface area contributed by atoms with Crippen LogP contribution in [0.3, 0.4) is 0 Å². The van der Waals surface area contributed by atoms with Crippen LogP contribution >= 0.6 is 0 Å². The van der Waals surface area contributed by atoms with Gasteiger partial charge in [0.05, 0.1) is 18.0 Å². The monoisotopic (exact) mass is 212 g/mol. The molecule has 0 saturated carbocycles. The Morgan fingerprint density at radius 2 is 1.75 bits per heavy atom. The Balaban J connectivity index is 2.17. The summed E-state index contributed by atoms with van der Waals surface area (Å²) in [6.45, 7) is 0.0308. The zero-order chi connectivity index (χ0) is 11.0. The van der Waals surface area contributed by atoms with Crippen molar-refractivity contribution in [1.29, 1.82) is 0 Å². The van der Waals surface area contributed by atoms with Crippen molar-refractivity contribution in [3.05, 3.63) is 60.1 Å². The van der Waals surface area contributed by atoms with Crippen molar-refractivity contribution in [2.75, 3.05) is 11.6 Å². The van der Waals surface area contributed by atoms with E-state index in [1.54, 1.807) is 0 Å². The van der Waals surface area contributed by atoms with Crippen molar-refractivity contribution in [3.63, 3.8) is 0 Å². The first kappa shape index (κ1) is 9.24. The largest absolute Gasteiger partial charge is 0.390 e. The van der Waals surface area contributed by atoms with E-state index < -0.39 is 0 Å². The van der Waals surface area contributed by atoms with E-state index in [0.717, 1.165) is 16.9 Å². The van der Waals surface area contributed by atoms with Crippen LogP contribution in [0.1, 0.15) is 5.56 Å². The molecule has 0 atom stereocenters. The van der Waals surface area contributed by atoms with E-state index in [4.69, 9.17) is 0 Å². The lowest BCUT2D eigenvalue weighted by Gasteiger charge is -2.39. The lowest BCUT2D eigenvalue weighted by atomic mass is 10.1. The normalized spacial score (nSPS) is 16.9. The van der Waals surface area contributed by atoms with Crippen molar-refractivity contribution in [3.8, 4) is 0 Å². The predicted octanol–water partition coefficient (Wildman–Crippen LogP) is 2.10. The first-order chi connectivity index (χ1) is 7.90. The van der Waals surface area contributed by atoms with Crippen molar-refractivity contribution in [2.24, 2.45) is 0 Å². The molecule has 0 aliphatic carbocycles. The van der Waals surface area contributed by atoms with Crippen LogP contribution < -0.4 is 5.01 Å². The molecule has 0 amide bonds. The van der Waals surface area contributed by atoms with Gasteiger partial charge in [0.1, 0.15) is 0 Å². The van der Waals surface area contributed by atoms with Gasteiger partial charge in [-0.25, -0.2) is 0 Å². The van der Waals surface area contributed by atoms with Crippen molar-refractivity contribution >= 4 is 11.8 Å². The number of anilines is 1. The number of aliphatic hydroxyl groups excluding tert-OH is 1. The van der Waals surface area contributed by atoms with Gasteiger partial charge in [-0.1, -0.05) is 18.2 Å². The Morgan fingerprint density at radius 3 is 2.56 bits per heavy atom. The third-order valence-corrected chi connectivity index (χ3v) is 2.76. The van der Waals surface area contributed by atoms with Crippen LogP contribution in [0.15, 0.2) is 54.5 Å². The number of para-hydroxylation sites is 1. The van der Waals surface area contributed by atoms with Crippen LogP contribution in [0.2, 0.25) is 0 Å². The molecule has 2 aliphatic heterocycles. The minimum absolute atomic E-state index is 0.0308. The van der Waals surface area contributed by atoms with Gasteiger partial charge in [0, 0.05) is 18.0 Å². The second-order valence-corrected chi connectivity index (χ2v) is 3.72. The molecule has 0 fully saturated rings. The summed E-state index contributed by atoms with van der Waals surface area (Å²) < 4.78 is 0. The quantitative estimate of drug-likeness (QED) is 0.772. The standard InChI is InChI=1S/C13H12N2O/c16-10-12-9-11-5-1-2-6-13(11)15-8-4-3-7-14(12)15/h1-9,16H,10H2. The van der Waals surface area contributed by atoms with E-state index >= 15 is 0 Å². The lowest BCUT2D eigenvalue weighted by Crippen LogP contribution is -2.38. The van der Waals surface area contributed by atoms with Gasteiger partial charge in [-0.2, -0.15) is 0 Å². The topological polar surface area (TPSA) is 26.7 Å². The Hall–Kier alpha value is -2.00. The number of rotatable bonds is 1. The van der Waals surface area contributed by atoms with Crippen LogP contribution in [0.25, 0.3) is 6.08 Å². The summed E-state index contributed by atoms with van der Waals surface area (Å²) in [6, 6.07) is 8.13. The first-order valence-corrected chi connectivity index (χ1v) is 5.24. The van der Waals surface area contributed by atoms with Gasteiger partial charge in [-0.15, -0.1) is 0 Å². The highest BCUT2D eigenvalue weighted by Gasteiger charge is 2.22. The van der Waals surface area contributed by atoms with Gasteiger partial charge in [-0.05, 0) is 24.3 Å². The summed E-state index contributed by atoms with van der Waals surface area (Å²) in [6.07, 6.45) is 9.87. The Bertz CT molecular complexity index is 502. The fourth-order valence-electron chi connectivity index (χ4n) is 2.02. The number of fused-ring (bicyclic) bond motifs is 3. The molecule has 16 heavy (non-hydrogen) atoms. The molecule has 0 bridgehead atoms. The molecule has 0 unspecified atom stereocenters. The minimum Gasteiger partial charge on any atom is -0.390 e. The summed E-state index contributed by atoms with van der Waals surface area (Å²) in [7, 11) is 0. The molecule has 1 aromatic carbocycles. The van der Waals surface area contributed by atoms with Crippen molar-refractivity contribution in [1.82, 2.24) is 5.01 Å². The maximum absolute atomic E-state index is 9.36. The first-order valence-electron chi connectivity index (χ1n) is 5.24. The highest BCUT2D eigenvalue weighted by atomic mass is 16.3. The Morgan fingerprint density at radius 1 is 1.00 bits per heavy atom. The average Bonchev–Trinajstić information content (AvgIpc) is 2.38. The molecule has 0 radical (unpaired) electrons. The molecule has 0 spiro atoms. The molecule has 3 rings (SSSR count). The molecule has 3 heteroatoms. The van der Waals surface area contributed by atoms with Crippen LogP contribution in [-0.2, 0) is 0 Å². The maximum Gasteiger partial charge on any atom is 0.0853 e. The summed E-state index contributed by atoms with van der Waals surface area (Å²) in [4.78, 5) is 0. The number of allylic oxidation sites excluding steroid dienone is 2. The molecule has 1 aromatic rings. The average molecular weight is 212 g/mol. The minimum atomic E-state index is 0.0308. The molecular formula is C13H12N2O.